The molecule has 0 saturated heterocycles. The van der Waals surface area contributed by atoms with Crippen LogP contribution in [0, 0.1) is 0 Å². The van der Waals surface area contributed by atoms with Gasteiger partial charge in [0.1, 0.15) is 0 Å². The molecular weight excluding hydrogens is 202 g/mol. The summed E-state index contributed by atoms with van der Waals surface area (Å²) in [6.07, 6.45) is 3.19. The van der Waals surface area contributed by atoms with Crippen molar-refractivity contribution in [3.05, 3.63) is 0 Å². The van der Waals surface area contributed by atoms with E-state index >= 15 is 0 Å². The molecule has 0 radical (unpaired) electrons. The molecule has 86 valence electrons. The third kappa shape index (κ3) is 8.47. The van der Waals surface area contributed by atoms with Gasteiger partial charge in [0.2, 0.25) is 0 Å². The minimum absolute atomic E-state index is 0.0764. The fraction of sp³-hybridized carbons (Fsp3) is 1.00. The normalized spacial score (nSPS) is 14.2. The summed E-state index contributed by atoms with van der Waals surface area (Å²) in [6, 6.07) is -0.280. The molecule has 0 aliphatic rings. The van der Waals surface area contributed by atoms with E-state index in [-0.39, 0.29) is 24.2 Å². The Balaban J connectivity index is 3.56. The average molecular weight is 223 g/mol. The molecule has 0 aromatic rings. The maximum Gasteiger partial charge on any atom is 0.151 e. The van der Waals surface area contributed by atoms with Crippen LogP contribution in [-0.2, 0) is 9.84 Å². The molecule has 0 saturated carbocycles. The maximum atomic E-state index is 11.3. The molecule has 5 heteroatoms. The second-order valence-electron chi connectivity index (χ2n) is 3.73. The minimum Gasteiger partial charge on any atom is -0.396 e. The highest BCUT2D eigenvalue weighted by molar-refractivity contribution is 7.91. The van der Waals surface area contributed by atoms with E-state index in [1.165, 1.54) is 0 Å². The second-order valence-corrected chi connectivity index (χ2v) is 5.96. The fourth-order valence-electron chi connectivity index (χ4n) is 1.27. The molecule has 0 spiro atoms. The minimum atomic E-state index is -2.96. The zero-order valence-corrected chi connectivity index (χ0v) is 9.59. The van der Waals surface area contributed by atoms with Crippen LogP contribution < -0.4 is 5.73 Å². The third-order valence-electron chi connectivity index (χ3n) is 1.88. The number of rotatable bonds is 8. The van der Waals surface area contributed by atoms with Gasteiger partial charge in [-0.25, -0.2) is 8.42 Å². The van der Waals surface area contributed by atoms with Gasteiger partial charge < -0.3 is 10.8 Å². The second kappa shape index (κ2) is 7.20. The van der Waals surface area contributed by atoms with Crippen LogP contribution in [-0.4, -0.2) is 37.7 Å². The highest BCUT2D eigenvalue weighted by atomic mass is 32.2. The molecule has 0 aromatic heterocycles. The van der Waals surface area contributed by atoms with Gasteiger partial charge in [-0.3, -0.25) is 0 Å². The van der Waals surface area contributed by atoms with Crippen LogP contribution in [0.1, 0.15) is 32.6 Å². The van der Waals surface area contributed by atoms with Gasteiger partial charge in [-0.15, -0.1) is 0 Å². The SMILES string of the molecule is CC(N)CS(=O)(=O)CCCCCCO. The van der Waals surface area contributed by atoms with E-state index in [1.807, 2.05) is 0 Å². The molecule has 0 bridgehead atoms. The van der Waals surface area contributed by atoms with Gasteiger partial charge in [-0.2, -0.15) is 0 Å². The number of sulfone groups is 1. The summed E-state index contributed by atoms with van der Waals surface area (Å²) in [4.78, 5) is 0. The Kier molecular flexibility index (Phi) is 7.13. The van der Waals surface area contributed by atoms with Crippen LogP contribution in [0.15, 0.2) is 0 Å². The third-order valence-corrected chi connectivity index (χ3v) is 3.82. The molecule has 0 amide bonds. The summed E-state index contributed by atoms with van der Waals surface area (Å²) in [7, 11) is -2.96. The van der Waals surface area contributed by atoms with Gasteiger partial charge in [-0.1, -0.05) is 12.8 Å². The predicted octanol–water partition coefficient (Wildman–Crippen LogP) is 0.301. The number of unbranched alkanes of at least 4 members (excludes halogenated alkanes) is 3. The van der Waals surface area contributed by atoms with Crippen molar-refractivity contribution in [2.45, 2.75) is 38.6 Å². The number of aliphatic hydroxyl groups is 1. The molecule has 1 unspecified atom stereocenters. The largest absolute Gasteiger partial charge is 0.396 e. The lowest BCUT2D eigenvalue weighted by Crippen LogP contribution is -2.27. The van der Waals surface area contributed by atoms with Crippen molar-refractivity contribution < 1.29 is 13.5 Å². The topological polar surface area (TPSA) is 80.4 Å². The monoisotopic (exact) mass is 223 g/mol. The Morgan fingerprint density at radius 3 is 2.29 bits per heavy atom. The van der Waals surface area contributed by atoms with E-state index < -0.39 is 9.84 Å². The van der Waals surface area contributed by atoms with Crippen LogP contribution >= 0.6 is 0 Å². The molecule has 1 atom stereocenters. The lowest BCUT2D eigenvalue weighted by atomic mass is 10.2. The molecule has 0 aromatic carbocycles. The molecule has 0 rings (SSSR count). The van der Waals surface area contributed by atoms with Gasteiger partial charge in [0.15, 0.2) is 9.84 Å². The first kappa shape index (κ1) is 13.9. The smallest absolute Gasteiger partial charge is 0.151 e. The van der Waals surface area contributed by atoms with Crippen molar-refractivity contribution in [1.29, 1.82) is 0 Å². The summed E-state index contributed by atoms with van der Waals surface area (Å²) in [6.45, 7) is 1.88. The quantitative estimate of drug-likeness (QED) is 0.580. The van der Waals surface area contributed by atoms with Crippen molar-refractivity contribution in [2.75, 3.05) is 18.1 Å². The number of aliphatic hydroxyl groups excluding tert-OH is 1. The van der Waals surface area contributed by atoms with Crippen molar-refractivity contribution in [2.24, 2.45) is 5.73 Å². The van der Waals surface area contributed by atoms with Gasteiger partial charge in [0, 0.05) is 12.6 Å². The molecule has 4 nitrogen and oxygen atoms in total. The highest BCUT2D eigenvalue weighted by Crippen LogP contribution is 2.03. The zero-order chi connectivity index (χ0) is 11.0. The van der Waals surface area contributed by atoms with Crippen LogP contribution in [0.5, 0.6) is 0 Å². The van der Waals surface area contributed by atoms with E-state index in [0.29, 0.717) is 6.42 Å². The molecule has 3 N–H and O–H groups in total. The predicted molar refractivity (Wildman–Crippen MR) is 57.9 cm³/mol. The zero-order valence-electron chi connectivity index (χ0n) is 8.78. The lowest BCUT2D eigenvalue weighted by molar-refractivity contribution is 0.283. The summed E-state index contributed by atoms with van der Waals surface area (Å²) < 4.78 is 22.7. The van der Waals surface area contributed by atoms with Crippen molar-refractivity contribution >= 4 is 9.84 Å². The van der Waals surface area contributed by atoms with Crippen LogP contribution in [0.2, 0.25) is 0 Å². The Hall–Kier alpha value is -0.130. The fourth-order valence-corrected chi connectivity index (χ4v) is 2.88. The van der Waals surface area contributed by atoms with Crippen molar-refractivity contribution in [3.63, 3.8) is 0 Å². The summed E-state index contributed by atoms with van der Waals surface area (Å²) in [5.74, 6) is 0.299. The molecule has 0 fully saturated rings. The number of nitrogens with two attached hydrogens (primary N) is 1. The Labute approximate surface area is 86.4 Å². The van der Waals surface area contributed by atoms with E-state index in [0.717, 1.165) is 19.3 Å². The van der Waals surface area contributed by atoms with Gasteiger partial charge in [0.25, 0.3) is 0 Å². The molecular formula is C9H21NO3S. The Morgan fingerprint density at radius 2 is 1.79 bits per heavy atom. The van der Waals surface area contributed by atoms with E-state index in [1.54, 1.807) is 6.92 Å². The van der Waals surface area contributed by atoms with E-state index in [9.17, 15) is 8.42 Å². The first-order chi connectivity index (χ1) is 6.48. The summed E-state index contributed by atoms with van der Waals surface area (Å²) >= 11 is 0. The van der Waals surface area contributed by atoms with Crippen LogP contribution in [0.3, 0.4) is 0 Å². The first-order valence-corrected chi connectivity index (χ1v) is 6.87. The molecule has 0 heterocycles. The van der Waals surface area contributed by atoms with E-state index in [2.05, 4.69) is 0 Å². The highest BCUT2D eigenvalue weighted by Gasteiger charge is 2.12. The van der Waals surface area contributed by atoms with Crippen molar-refractivity contribution in [1.82, 2.24) is 0 Å². The lowest BCUT2D eigenvalue weighted by Gasteiger charge is -2.06. The van der Waals surface area contributed by atoms with Gasteiger partial charge in [-0.05, 0) is 19.8 Å². The van der Waals surface area contributed by atoms with Gasteiger partial charge in [0.05, 0.1) is 11.5 Å². The molecule has 14 heavy (non-hydrogen) atoms. The standard InChI is InChI=1S/C9H21NO3S/c1-9(10)8-14(12,13)7-5-3-2-4-6-11/h9,11H,2-8,10H2,1H3. The first-order valence-electron chi connectivity index (χ1n) is 5.05. The maximum absolute atomic E-state index is 11.3. The average Bonchev–Trinajstić information content (AvgIpc) is 2.01. The summed E-state index contributed by atoms with van der Waals surface area (Å²) in [5, 5.41) is 8.51. The Morgan fingerprint density at radius 1 is 1.21 bits per heavy atom. The summed E-state index contributed by atoms with van der Waals surface area (Å²) in [5.41, 5.74) is 5.42. The van der Waals surface area contributed by atoms with Crippen molar-refractivity contribution in [3.8, 4) is 0 Å². The van der Waals surface area contributed by atoms with E-state index in [4.69, 9.17) is 10.8 Å². The Bertz CT molecular complexity index is 224. The number of hydrogen-bond donors (Lipinski definition) is 2. The number of hydrogen-bond acceptors (Lipinski definition) is 4. The van der Waals surface area contributed by atoms with Gasteiger partial charge >= 0.3 is 0 Å². The van der Waals surface area contributed by atoms with Crippen LogP contribution in [0.25, 0.3) is 0 Å². The molecule has 0 aliphatic heterocycles. The molecule has 0 aliphatic carbocycles. The van der Waals surface area contributed by atoms with Crippen LogP contribution in [0.4, 0.5) is 0 Å².